The molecule has 0 amide bonds. The number of ether oxygens (including phenoxy) is 1. The predicted octanol–water partition coefficient (Wildman–Crippen LogP) is 2.32. The molecule has 1 aromatic carbocycles. The molecule has 0 aliphatic rings. The summed E-state index contributed by atoms with van der Waals surface area (Å²) < 4.78 is 4.25. The summed E-state index contributed by atoms with van der Waals surface area (Å²) in [5.74, 6) is 0. The zero-order chi connectivity index (χ0) is 10.3. The van der Waals surface area contributed by atoms with Crippen molar-refractivity contribution in [1.82, 2.24) is 0 Å². The molecule has 0 radical (unpaired) electrons. The van der Waals surface area contributed by atoms with Crippen LogP contribution in [0.5, 0.6) is 0 Å². The lowest BCUT2D eigenvalue weighted by Gasteiger charge is -2.11. The lowest BCUT2D eigenvalue weighted by molar-refractivity contribution is 0.277. The van der Waals surface area contributed by atoms with Crippen molar-refractivity contribution in [3.8, 4) is 0 Å². The van der Waals surface area contributed by atoms with Crippen molar-refractivity contribution in [2.75, 3.05) is 33.2 Å². The van der Waals surface area contributed by atoms with Gasteiger partial charge in [0.15, 0.2) is 0 Å². The smallest absolute Gasteiger partial charge is 0.0361 e. The molecule has 0 bridgehead atoms. The van der Waals surface area contributed by atoms with Gasteiger partial charge in [0.25, 0.3) is 0 Å². The second-order valence-corrected chi connectivity index (χ2v) is 3.14. The van der Waals surface area contributed by atoms with Crippen LogP contribution in [0.25, 0.3) is 0 Å². The van der Waals surface area contributed by atoms with Gasteiger partial charge in [-0.3, -0.25) is 0 Å². The Morgan fingerprint density at radius 2 is 1.38 bits per heavy atom. The first kappa shape index (κ1) is 12.0. The van der Waals surface area contributed by atoms with Gasteiger partial charge >= 0.3 is 0 Å². The summed E-state index contributed by atoms with van der Waals surface area (Å²) >= 11 is 0. The Balaban J connectivity index is 0.000000424. The zero-order valence-electron chi connectivity index (χ0n) is 9.16. The Morgan fingerprint density at radius 3 is 1.69 bits per heavy atom. The van der Waals surface area contributed by atoms with Gasteiger partial charge in [0.2, 0.25) is 0 Å². The van der Waals surface area contributed by atoms with Crippen LogP contribution in [0.2, 0.25) is 0 Å². The molecule has 13 heavy (non-hydrogen) atoms. The maximum absolute atomic E-state index is 4.25. The van der Waals surface area contributed by atoms with Gasteiger partial charge in [0.1, 0.15) is 0 Å². The summed E-state index contributed by atoms with van der Waals surface area (Å²) in [6.45, 7) is 2.10. The maximum atomic E-state index is 4.25. The Morgan fingerprint density at radius 1 is 1.00 bits per heavy atom. The molecule has 0 aromatic heterocycles. The van der Waals surface area contributed by atoms with Crippen molar-refractivity contribution in [2.24, 2.45) is 0 Å². The lowest BCUT2D eigenvalue weighted by atomic mass is 10.2. The average Bonchev–Trinajstić information content (AvgIpc) is 2.06. The fourth-order valence-corrected chi connectivity index (χ4v) is 0.843. The van der Waals surface area contributed by atoms with E-state index in [0.29, 0.717) is 0 Å². The Hall–Kier alpha value is -1.02. The first-order valence-corrected chi connectivity index (χ1v) is 4.26. The van der Waals surface area contributed by atoms with Crippen molar-refractivity contribution in [1.29, 1.82) is 0 Å². The second kappa shape index (κ2) is 6.49. The number of hydrogen-bond acceptors (Lipinski definition) is 2. The minimum atomic E-state index is 1.26. The van der Waals surface area contributed by atoms with Gasteiger partial charge in [-0.25, -0.2) is 0 Å². The normalized spacial score (nSPS) is 8.69. The molecule has 1 rings (SSSR count). The molecule has 0 aliphatic carbocycles. The van der Waals surface area contributed by atoms with E-state index in [1.807, 2.05) is 14.1 Å². The van der Waals surface area contributed by atoms with Crippen molar-refractivity contribution in [2.45, 2.75) is 6.92 Å². The monoisotopic (exact) mass is 181 g/mol. The van der Waals surface area contributed by atoms with Crippen molar-refractivity contribution in [3.05, 3.63) is 29.8 Å². The van der Waals surface area contributed by atoms with E-state index in [9.17, 15) is 0 Å². The molecule has 0 atom stereocenters. The van der Waals surface area contributed by atoms with Gasteiger partial charge in [0.05, 0.1) is 0 Å². The summed E-state index contributed by atoms with van der Waals surface area (Å²) in [5.41, 5.74) is 2.57. The molecule has 0 aliphatic heterocycles. The van der Waals surface area contributed by atoms with E-state index >= 15 is 0 Å². The lowest BCUT2D eigenvalue weighted by Crippen LogP contribution is -2.07. The highest BCUT2D eigenvalue weighted by atomic mass is 16.4. The van der Waals surface area contributed by atoms with Gasteiger partial charge in [-0.05, 0) is 19.1 Å². The van der Waals surface area contributed by atoms with E-state index in [-0.39, 0.29) is 0 Å². The predicted molar refractivity (Wildman–Crippen MR) is 58.4 cm³/mol. The number of hydrogen-bond donors (Lipinski definition) is 0. The molecular weight excluding hydrogens is 162 g/mol. The number of benzene rings is 1. The Labute approximate surface area is 81.1 Å². The minimum absolute atomic E-state index is 1.26. The van der Waals surface area contributed by atoms with Gasteiger partial charge in [-0.2, -0.15) is 0 Å². The number of rotatable bonds is 1. The van der Waals surface area contributed by atoms with Crippen LogP contribution in [-0.4, -0.2) is 28.3 Å². The number of anilines is 1. The Bertz CT molecular complexity index is 216. The highest BCUT2D eigenvalue weighted by molar-refractivity contribution is 5.45. The first-order chi connectivity index (χ1) is 6.11. The van der Waals surface area contributed by atoms with Crippen LogP contribution in [0.3, 0.4) is 0 Å². The van der Waals surface area contributed by atoms with Crippen LogP contribution in [0.1, 0.15) is 5.56 Å². The third-order valence-corrected chi connectivity index (χ3v) is 1.55. The summed E-state index contributed by atoms with van der Waals surface area (Å²) in [4.78, 5) is 2.10. The molecule has 2 heteroatoms. The number of methoxy groups -OCH3 is 1. The van der Waals surface area contributed by atoms with E-state index in [0.717, 1.165) is 0 Å². The van der Waals surface area contributed by atoms with Crippen LogP contribution in [0, 0.1) is 6.92 Å². The molecule has 0 fully saturated rings. The number of aryl methyl sites for hydroxylation is 1. The molecule has 0 N–H and O–H groups in total. The first-order valence-electron chi connectivity index (χ1n) is 4.26. The number of nitrogens with zero attached hydrogens (tertiary/aromatic N) is 1. The molecule has 0 spiro atoms. The molecule has 0 unspecified atom stereocenters. The van der Waals surface area contributed by atoms with E-state index < -0.39 is 0 Å². The standard InChI is InChI=1S/C9H13N.C2H6O/c1-8-4-6-9(7-5-8)10(2)3;1-3-2/h4-7H,1-3H3;1-2H3. The molecule has 0 saturated heterocycles. The van der Waals surface area contributed by atoms with Gasteiger partial charge in [0, 0.05) is 34.0 Å². The zero-order valence-corrected chi connectivity index (χ0v) is 9.16. The summed E-state index contributed by atoms with van der Waals surface area (Å²) in [6.07, 6.45) is 0. The molecule has 74 valence electrons. The van der Waals surface area contributed by atoms with Gasteiger partial charge in [-0.15, -0.1) is 0 Å². The van der Waals surface area contributed by atoms with Crippen LogP contribution in [-0.2, 0) is 4.74 Å². The quantitative estimate of drug-likeness (QED) is 0.659. The highest BCUT2D eigenvalue weighted by Crippen LogP contribution is 2.10. The highest BCUT2D eigenvalue weighted by Gasteiger charge is 1.90. The average molecular weight is 181 g/mol. The van der Waals surface area contributed by atoms with Crippen LogP contribution in [0.4, 0.5) is 5.69 Å². The summed E-state index contributed by atoms with van der Waals surface area (Å²) in [6, 6.07) is 8.48. The van der Waals surface area contributed by atoms with E-state index in [4.69, 9.17) is 0 Å². The van der Waals surface area contributed by atoms with Gasteiger partial charge < -0.3 is 9.64 Å². The third-order valence-electron chi connectivity index (χ3n) is 1.55. The third kappa shape index (κ3) is 5.26. The molecule has 2 nitrogen and oxygen atoms in total. The topological polar surface area (TPSA) is 12.5 Å². The molecular formula is C11H19NO. The van der Waals surface area contributed by atoms with Crippen LogP contribution in [0.15, 0.2) is 24.3 Å². The van der Waals surface area contributed by atoms with Crippen molar-refractivity contribution < 1.29 is 4.74 Å². The fourth-order valence-electron chi connectivity index (χ4n) is 0.843. The maximum Gasteiger partial charge on any atom is 0.0361 e. The summed E-state index contributed by atoms with van der Waals surface area (Å²) in [7, 11) is 7.34. The van der Waals surface area contributed by atoms with E-state index in [1.165, 1.54) is 11.3 Å². The minimum Gasteiger partial charge on any atom is -0.388 e. The largest absolute Gasteiger partial charge is 0.388 e. The SMILES string of the molecule is COC.Cc1ccc(N(C)C)cc1. The van der Waals surface area contributed by atoms with Gasteiger partial charge in [-0.1, -0.05) is 17.7 Å². The van der Waals surface area contributed by atoms with Crippen LogP contribution < -0.4 is 4.90 Å². The molecule has 0 heterocycles. The van der Waals surface area contributed by atoms with E-state index in [2.05, 4.69) is 40.8 Å². The van der Waals surface area contributed by atoms with Crippen molar-refractivity contribution in [3.63, 3.8) is 0 Å². The fraction of sp³-hybridized carbons (Fsp3) is 0.455. The second-order valence-electron chi connectivity index (χ2n) is 3.14. The molecule has 0 saturated carbocycles. The Kier molecular flexibility index (Phi) is 5.98. The summed E-state index contributed by atoms with van der Waals surface area (Å²) in [5, 5.41) is 0. The van der Waals surface area contributed by atoms with Crippen molar-refractivity contribution >= 4 is 5.69 Å². The molecule has 1 aromatic rings. The van der Waals surface area contributed by atoms with E-state index in [1.54, 1.807) is 14.2 Å². The van der Waals surface area contributed by atoms with Crippen LogP contribution >= 0.6 is 0 Å².